The van der Waals surface area contributed by atoms with Gasteiger partial charge in [-0.2, -0.15) is 0 Å². The van der Waals surface area contributed by atoms with Gasteiger partial charge in [-0.25, -0.2) is 4.98 Å². The van der Waals surface area contributed by atoms with Crippen LogP contribution in [0.4, 0.5) is 0 Å². The molecular weight excluding hydrogens is 394 g/mol. The molecular formula is C20H20ClN5OS. The molecule has 144 valence electrons. The summed E-state index contributed by atoms with van der Waals surface area (Å²) in [6, 6.07) is 11.2. The van der Waals surface area contributed by atoms with E-state index in [2.05, 4.69) is 15.5 Å². The topological polar surface area (TPSA) is 72.2 Å². The first-order chi connectivity index (χ1) is 13.3. The van der Waals surface area contributed by atoms with Crippen LogP contribution < -0.4 is 5.32 Å². The number of thiazole rings is 1. The lowest BCUT2D eigenvalue weighted by atomic mass is 9.95. The molecule has 4 aromatic rings. The Morgan fingerprint density at radius 2 is 2.00 bits per heavy atom. The molecule has 0 aliphatic carbocycles. The van der Waals surface area contributed by atoms with Crippen molar-refractivity contribution in [2.75, 3.05) is 0 Å². The van der Waals surface area contributed by atoms with Gasteiger partial charge in [0.2, 0.25) is 5.91 Å². The Bertz CT molecular complexity index is 1130. The van der Waals surface area contributed by atoms with E-state index in [9.17, 15) is 4.79 Å². The van der Waals surface area contributed by atoms with E-state index in [1.165, 1.54) is 0 Å². The number of aromatic nitrogens is 4. The molecule has 6 nitrogen and oxygen atoms in total. The molecule has 28 heavy (non-hydrogen) atoms. The predicted octanol–water partition coefficient (Wildman–Crippen LogP) is 4.44. The van der Waals surface area contributed by atoms with Crippen molar-refractivity contribution in [1.82, 2.24) is 24.9 Å². The summed E-state index contributed by atoms with van der Waals surface area (Å²) >= 11 is 7.79. The first-order valence-corrected chi connectivity index (χ1v) is 10.2. The fourth-order valence-corrected chi connectivity index (χ4v) is 4.06. The lowest BCUT2D eigenvalue weighted by molar-refractivity contribution is -0.129. The maximum atomic E-state index is 12.7. The van der Waals surface area contributed by atoms with E-state index in [-0.39, 0.29) is 11.9 Å². The number of hydrogen-bond donors (Lipinski definition) is 1. The molecule has 1 N–H and O–H groups in total. The van der Waals surface area contributed by atoms with Crippen LogP contribution in [0.3, 0.4) is 0 Å². The molecule has 0 radical (unpaired) electrons. The largest absolute Gasteiger partial charge is 0.345 e. The fraction of sp³-hybridized carbons (Fsp3) is 0.300. The minimum absolute atomic E-state index is 0.0580. The molecule has 1 aromatic carbocycles. The molecule has 3 heterocycles. The van der Waals surface area contributed by atoms with E-state index in [4.69, 9.17) is 16.6 Å². The molecule has 8 heteroatoms. The van der Waals surface area contributed by atoms with Crippen LogP contribution in [0.15, 0.2) is 42.6 Å². The first kappa shape index (κ1) is 18.8. The SMILES string of the molecule is CC(C)(C)C(=O)N[C@H](Cc1nc2ccccc2s1)c1nnc2ccc(Cl)cn12. The summed E-state index contributed by atoms with van der Waals surface area (Å²) in [5.74, 6) is 0.576. The number of halogens is 1. The highest BCUT2D eigenvalue weighted by Crippen LogP contribution is 2.27. The van der Waals surface area contributed by atoms with Crippen molar-refractivity contribution in [3.05, 3.63) is 58.4 Å². The Morgan fingerprint density at radius 3 is 2.75 bits per heavy atom. The minimum Gasteiger partial charge on any atom is -0.345 e. The molecule has 0 saturated carbocycles. The summed E-state index contributed by atoms with van der Waals surface area (Å²) < 4.78 is 2.94. The molecule has 0 aliphatic rings. The Kier molecular flexibility index (Phi) is 4.81. The van der Waals surface area contributed by atoms with Gasteiger partial charge < -0.3 is 5.32 Å². The van der Waals surface area contributed by atoms with Crippen molar-refractivity contribution in [3.63, 3.8) is 0 Å². The number of carbonyl (C=O) groups excluding carboxylic acids is 1. The Morgan fingerprint density at radius 1 is 1.21 bits per heavy atom. The van der Waals surface area contributed by atoms with Crippen LogP contribution in [0.25, 0.3) is 15.9 Å². The third kappa shape index (κ3) is 3.72. The number of nitrogens with one attached hydrogen (secondary N) is 1. The third-order valence-corrected chi connectivity index (χ3v) is 5.69. The van der Waals surface area contributed by atoms with Crippen LogP contribution in [0.2, 0.25) is 5.02 Å². The molecule has 4 rings (SSSR count). The number of carbonyl (C=O) groups is 1. The van der Waals surface area contributed by atoms with E-state index in [0.29, 0.717) is 22.9 Å². The Hall–Kier alpha value is -2.51. The number of pyridine rings is 1. The van der Waals surface area contributed by atoms with Gasteiger partial charge in [0.25, 0.3) is 0 Å². The summed E-state index contributed by atoms with van der Waals surface area (Å²) in [5.41, 5.74) is 1.11. The lowest BCUT2D eigenvalue weighted by Gasteiger charge is -2.23. The number of amides is 1. The lowest BCUT2D eigenvalue weighted by Crippen LogP contribution is -2.39. The van der Waals surface area contributed by atoms with E-state index < -0.39 is 5.41 Å². The number of fused-ring (bicyclic) bond motifs is 2. The molecule has 0 unspecified atom stereocenters. The normalized spacial score (nSPS) is 13.1. The number of nitrogens with zero attached hydrogens (tertiary/aromatic N) is 4. The maximum Gasteiger partial charge on any atom is 0.225 e. The summed E-state index contributed by atoms with van der Waals surface area (Å²) in [6.45, 7) is 5.65. The smallest absolute Gasteiger partial charge is 0.225 e. The summed E-state index contributed by atoms with van der Waals surface area (Å²) in [7, 11) is 0. The van der Waals surface area contributed by atoms with Crippen LogP contribution in [0.1, 0.15) is 37.6 Å². The van der Waals surface area contributed by atoms with Crippen LogP contribution in [0.5, 0.6) is 0 Å². The standard InChI is InChI=1S/C20H20ClN5OS/c1-20(2,3)19(27)23-14(10-17-22-13-6-4-5-7-15(13)28-17)18-25-24-16-9-8-12(21)11-26(16)18/h4-9,11,14H,10H2,1-3H3,(H,23,27)/t14-/m1/s1. The molecule has 0 aliphatic heterocycles. The number of benzene rings is 1. The molecule has 1 atom stereocenters. The van der Waals surface area contributed by atoms with E-state index in [0.717, 1.165) is 15.2 Å². The van der Waals surface area contributed by atoms with Crippen LogP contribution in [0, 0.1) is 5.41 Å². The maximum absolute atomic E-state index is 12.7. The Balaban J connectivity index is 1.74. The van der Waals surface area contributed by atoms with Gasteiger partial charge >= 0.3 is 0 Å². The molecule has 0 bridgehead atoms. The summed E-state index contributed by atoms with van der Waals surface area (Å²) in [6.07, 6.45) is 2.29. The van der Waals surface area contributed by atoms with Crippen LogP contribution >= 0.6 is 22.9 Å². The van der Waals surface area contributed by atoms with E-state index >= 15 is 0 Å². The first-order valence-electron chi connectivity index (χ1n) is 8.97. The molecule has 1 amide bonds. The molecule has 3 aromatic heterocycles. The zero-order chi connectivity index (χ0) is 19.9. The Labute approximate surface area is 171 Å². The van der Waals surface area contributed by atoms with Crippen molar-refractivity contribution in [1.29, 1.82) is 0 Å². The fourth-order valence-electron chi connectivity index (χ4n) is 2.88. The van der Waals surface area contributed by atoms with Crippen molar-refractivity contribution >= 4 is 44.7 Å². The van der Waals surface area contributed by atoms with Gasteiger partial charge in [0.1, 0.15) is 0 Å². The highest BCUT2D eigenvalue weighted by molar-refractivity contribution is 7.18. The molecule has 0 spiro atoms. The number of para-hydroxylation sites is 1. The van der Waals surface area contributed by atoms with Crippen molar-refractivity contribution in [3.8, 4) is 0 Å². The second-order valence-corrected chi connectivity index (χ2v) is 9.24. The second-order valence-electron chi connectivity index (χ2n) is 7.69. The van der Waals surface area contributed by atoms with E-state index in [1.807, 2.05) is 49.4 Å². The predicted molar refractivity (Wildman–Crippen MR) is 112 cm³/mol. The van der Waals surface area contributed by atoms with Gasteiger partial charge in [-0.3, -0.25) is 9.20 Å². The summed E-state index contributed by atoms with van der Waals surface area (Å²) in [4.78, 5) is 17.4. The van der Waals surface area contributed by atoms with Crippen molar-refractivity contribution in [2.24, 2.45) is 5.41 Å². The number of rotatable bonds is 4. The van der Waals surface area contributed by atoms with Crippen LogP contribution in [-0.2, 0) is 11.2 Å². The average molecular weight is 414 g/mol. The van der Waals surface area contributed by atoms with Crippen LogP contribution in [-0.4, -0.2) is 25.5 Å². The molecule has 0 fully saturated rings. The average Bonchev–Trinajstić information content (AvgIpc) is 3.23. The minimum atomic E-state index is -0.524. The van der Waals surface area contributed by atoms with Crippen molar-refractivity contribution < 1.29 is 4.79 Å². The van der Waals surface area contributed by atoms with Gasteiger partial charge in [0, 0.05) is 18.0 Å². The summed E-state index contributed by atoms with van der Waals surface area (Å²) in [5, 5.41) is 13.2. The zero-order valence-electron chi connectivity index (χ0n) is 15.8. The van der Waals surface area contributed by atoms with Gasteiger partial charge in [0.05, 0.1) is 26.3 Å². The van der Waals surface area contributed by atoms with E-state index in [1.54, 1.807) is 29.7 Å². The van der Waals surface area contributed by atoms with Gasteiger partial charge in [-0.15, -0.1) is 21.5 Å². The zero-order valence-corrected chi connectivity index (χ0v) is 17.4. The van der Waals surface area contributed by atoms with Crippen molar-refractivity contribution in [2.45, 2.75) is 33.2 Å². The highest BCUT2D eigenvalue weighted by atomic mass is 35.5. The monoisotopic (exact) mass is 413 g/mol. The van der Waals surface area contributed by atoms with Gasteiger partial charge in [0.15, 0.2) is 11.5 Å². The quantitative estimate of drug-likeness (QED) is 0.536. The second kappa shape index (κ2) is 7.14. The third-order valence-electron chi connectivity index (χ3n) is 4.41. The highest BCUT2D eigenvalue weighted by Gasteiger charge is 2.28. The van der Waals surface area contributed by atoms with Gasteiger partial charge in [-0.05, 0) is 24.3 Å². The van der Waals surface area contributed by atoms with Gasteiger partial charge in [-0.1, -0.05) is 44.5 Å². The number of hydrogen-bond acceptors (Lipinski definition) is 5. The molecule has 0 saturated heterocycles.